The van der Waals surface area contributed by atoms with Gasteiger partial charge in [0.05, 0.1) is 29.0 Å². The van der Waals surface area contributed by atoms with Crippen molar-refractivity contribution in [3.8, 4) is 0 Å². The van der Waals surface area contributed by atoms with Crippen molar-refractivity contribution >= 4 is 59.3 Å². The number of hydrogen-bond acceptors (Lipinski definition) is 7. The molecule has 0 radical (unpaired) electrons. The number of carboxylic acids is 1. The van der Waals surface area contributed by atoms with E-state index in [1.165, 1.54) is 24.7 Å². The number of nitrogens with zero attached hydrogens (tertiary/aromatic N) is 6. The van der Waals surface area contributed by atoms with E-state index >= 15 is 0 Å². The van der Waals surface area contributed by atoms with Crippen molar-refractivity contribution in [3.63, 3.8) is 0 Å². The molecule has 0 spiro atoms. The topological polar surface area (TPSA) is 109 Å². The molecule has 190 valence electrons. The average Bonchev–Trinajstić information content (AvgIpc) is 3.18. The lowest BCUT2D eigenvalue weighted by atomic mass is 10.1. The van der Waals surface area contributed by atoms with Gasteiger partial charge in [-0.3, -0.25) is 0 Å². The molecule has 0 bridgehead atoms. The third-order valence-corrected chi connectivity index (χ3v) is 5.78. The Hall–Kier alpha value is -3.64. The molecule has 2 N–H and O–H groups in total. The van der Waals surface area contributed by atoms with E-state index in [1.807, 2.05) is 4.90 Å². The number of rotatable bonds is 5. The molecule has 36 heavy (non-hydrogen) atoms. The SMILES string of the molecule is Cl.Cl.O=C(O)c1ccc(Nc2ncnc3c2c(F)cn3C2CCN(c3ncc(F)cn3)CC2)c(F)c1. The summed E-state index contributed by atoms with van der Waals surface area (Å²) < 4.78 is 44.2. The zero-order chi connectivity index (χ0) is 23.8. The van der Waals surface area contributed by atoms with Gasteiger partial charge in [0.15, 0.2) is 11.6 Å². The molecule has 14 heteroatoms. The highest BCUT2D eigenvalue weighted by Crippen LogP contribution is 2.33. The van der Waals surface area contributed by atoms with Gasteiger partial charge in [0.2, 0.25) is 5.95 Å². The maximum absolute atomic E-state index is 15.0. The summed E-state index contributed by atoms with van der Waals surface area (Å²) in [5.41, 5.74) is 0.115. The number of piperidine rings is 1. The molecule has 5 rings (SSSR count). The molecule has 1 fully saturated rings. The van der Waals surface area contributed by atoms with E-state index in [2.05, 4.69) is 25.3 Å². The number of aromatic carboxylic acids is 1. The Morgan fingerprint density at radius 3 is 2.33 bits per heavy atom. The lowest BCUT2D eigenvalue weighted by Crippen LogP contribution is -2.35. The molecular formula is C22H20Cl2F3N7O2. The molecule has 0 atom stereocenters. The second-order valence-electron chi connectivity index (χ2n) is 7.85. The summed E-state index contributed by atoms with van der Waals surface area (Å²) in [6.45, 7) is 1.18. The molecule has 0 aliphatic carbocycles. The number of carboxylic acid groups (broad SMARTS) is 1. The number of anilines is 3. The van der Waals surface area contributed by atoms with Crippen LogP contribution in [0.2, 0.25) is 0 Å². The summed E-state index contributed by atoms with van der Waals surface area (Å²) in [6, 6.07) is 3.32. The molecule has 1 saturated heterocycles. The van der Waals surface area contributed by atoms with Crippen LogP contribution in [0.1, 0.15) is 29.2 Å². The fraction of sp³-hybridized carbons (Fsp3) is 0.227. The van der Waals surface area contributed by atoms with Crippen molar-refractivity contribution in [2.75, 3.05) is 23.3 Å². The first-order chi connectivity index (χ1) is 16.4. The molecule has 4 aromatic rings. The quantitative estimate of drug-likeness (QED) is 0.372. The lowest BCUT2D eigenvalue weighted by Gasteiger charge is -2.32. The van der Waals surface area contributed by atoms with Gasteiger partial charge in [0.1, 0.15) is 23.6 Å². The Morgan fingerprint density at radius 1 is 1.00 bits per heavy atom. The summed E-state index contributed by atoms with van der Waals surface area (Å²) in [4.78, 5) is 29.3. The summed E-state index contributed by atoms with van der Waals surface area (Å²) in [6.07, 6.45) is 6.15. The van der Waals surface area contributed by atoms with Crippen LogP contribution < -0.4 is 10.2 Å². The molecule has 4 heterocycles. The maximum atomic E-state index is 15.0. The fourth-order valence-corrected chi connectivity index (χ4v) is 4.10. The van der Waals surface area contributed by atoms with Gasteiger partial charge in [-0.2, -0.15) is 0 Å². The van der Waals surface area contributed by atoms with Gasteiger partial charge in [-0.05, 0) is 31.0 Å². The summed E-state index contributed by atoms with van der Waals surface area (Å²) in [5.74, 6) is -2.62. The third-order valence-electron chi connectivity index (χ3n) is 5.78. The number of aromatic nitrogens is 5. The van der Waals surface area contributed by atoms with Crippen molar-refractivity contribution in [1.82, 2.24) is 24.5 Å². The van der Waals surface area contributed by atoms with Crippen molar-refractivity contribution < 1.29 is 23.1 Å². The normalized spacial score (nSPS) is 13.7. The van der Waals surface area contributed by atoms with Crippen molar-refractivity contribution in [2.24, 2.45) is 0 Å². The number of halogens is 5. The largest absolute Gasteiger partial charge is 0.478 e. The zero-order valence-corrected chi connectivity index (χ0v) is 20.1. The third kappa shape index (κ3) is 5.14. The monoisotopic (exact) mass is 541 g/mol. The second-order valence-corrected chi connectivity index (χ2v) is 7.85. The van der Waals surface area contributed by atoms with Gasteiger partial charge in [-0.15, -0.1) is 24.8 Å². The highest BCUT2D eigenvalue weighted by molar-refractivity contribution is 5.91. The summed E-state index contributed by atoms with van der Waals surface area (Å²) in [7, 11) is 0. The molecule has 0 unspecified atom stereocenters. The first-order valence-corrected chi connectivity index (χ1v) is 10.4. The van der Waals surface area contributed by atoms with Crippen LogP contribution >= 0.6 is 24.8 Å². The number of hydrogen-bond donors (Lipinski definition) is 2. The van der Waals surface area contributed by atoms with Gasteiger partial charge < -0.3 is 19.9 Å². The lowest BCUT2D eigenvalue weighted by molar-refractivity contribution is 0.0696. The van der Waals surface area contributed by atoms with Gasteiger partial charge in [0.25, 0.3) is 0 Å². The highest BCUT2D eigenvalue weighted by Gasteiger charge is 2.26. The van der Waals surface area contributed by atoms with Crippen molar-refractivity contribution in [2.45, 2.75) is 18.9 Å². The molecule has 1 aromatic carbocycles. The predicted molar refractivity (Wildman–Crippen MR) is 131 cm³/mol. The number of nitrogens with one attached hydrogen (secondary N) is 1. The minimum absolute atomic E-state index is 0. The van der Waals surface area contributed by atoms with E-state index in [-0.39, 0.29) is 53.3 Å². The van der Waals surface area contributed by atoms with Crippen molar-refractivity contribution in [1.29, 1.82) is 0 Å². The number of fused-ring (bicyclic) bond motifs is 1. The average molecular weight is 542 g/mol. The van der Waals surface area contributed by atoms with Crippen LogP contribution in [0.25, 0.3) is 11.0 Å². The van der Waals surface area contributed by atoms with Crippen LogP contribution in [-0.2, 0) is 0 Å². The Morgan fingerprint density at radius 2 is 1.69 bits per heavy atom. The van der Waals surface area contributed by atoms with Crippen molar-refractivity contribution in [3.05, 3.63) is 66.1 Å². The maximum Gasteiger partial charge on any atom is 0.335 e. The van der Waals surface area contributed by atoms with Crippen LogP contribution in [0.5, 0.6) is 0 Å². The fourth-order valence-electron chi connectivity index (χ4n) is 4.10. The highest BCUT2D eigenvalue weighted by atomic mass is 35.5. The zero-order valence-electron chi connectivity index (χ0n) is 18.4. The van der Waals surface area contributed by atoms with Crippen LogP contribution in [-0.4, -0.2) is 48.7 Å². The van der Waals surface area contributed by atoms with Gasteiger partial charge in [-0.25, -0.2) is 37.9 Å². The van der Waals surface area contributed by atoms with E-state index in [1.54, 1.807) is 4.57 Å². The van der Waals surface area contributed by atoms with E-state index < -0.39 is 23.4 Å². The van der Waals surface area contributed by atoms with Crippen LogP contribution in [0.3, 0.4) is 0 Å². The van der Waals surface area contributed by atoms with Gasteiger partial charge in [0, 0.05) is 25.3 Å². The second kappa shape index (κ2) is 11.0. The van der Waals surface area contributed by atoms with Crippen LogP contribution in [0.15, 0.2) is 43.1 Å². The molecule has 3 aromatic heterocycles. The first kappa shape index (κ1) is 27.0. The minimum atomic E-state index is -1.25. The van der Waals surface area contributed by atoms with Crippen LogP contribution in [0, 0.1) is 17.5 Å². The first-order valence-electron chi connectivity index (χ1n) is 10.4. The van der Waals surface area contributed by atoms with Gasteiger partial charge in [-0.1, -0.05) is 0 Å². The van der Waals surface area contributed by atoms with E-state index in [4.69, 9.17) is 5.11 Å². The van der Waals surface area contributed by atoms with Gasteiger partial charge >= 0.3 is 5.97 Å². The standard InChI is InChI=1S/C22H18F3N7O2.2ClH/c23-13-8-26-22(27-9-13)31-5-3-14(4-6-31)32-10-16(25)18-19(28-11-29-20(18)32)30-17-2-1-12(21(33)34)7-15(17)24;;/h1-2,7-11,14H,3-6H2,(H,33,34)(H,28,29,30);2*1H. The molecule has 9 nitrogen and oxygen atoms in total. The van der Waals surface area contributed by atoms with E-state index in [0.29, 0.717) is 37.5 Å². The van der Waals surface area contributed by atoms with E-state index in [0.717, 1.165) is 18.5 Å². The number of benzene rings is 1. The minimum Gasteiger partial charge on any atom is -0.478 e. The Balaban J connectivity index is 0.00000180. The predicted octanol–water partition coefficient (Wildman–Crippen LogP) is 4.77. The smallest absolute Gasteiger partial charge is 0.335 e. The summed E-state index contributed by atoms with van der Waals surface area (Å²) in [5, 5.41) is 11.9. The molecule has 1 aliphatic heterocycles. The molecule has 0 saturated carbocycles. The Bertz CT molecular complexity index is 1380. The Kier molecular flexibility index (Phi) is 8.21. The molecule has 0 amide bonds. The van der Waals surface area contributed by atoms with Crippen LogP contribution in [0.4, 0.5) is 30.6 Å². The summed E-state index contributed by atoms with van der Waals surface area (Å²) >= 11 is 0. The molecular weight excluding hydrogens is 522 g/mol. The Labute approximate surface area is 215 Å². The van der Waals surface area contributed by atoms with E-state index in [9.17, 15) is 18.0 Å². The molecule has 1 aliphatic rings. The number of carbonyl (C=O) groups is 1.